The SMILES string of the molecule is Cc1ccc(S(=O)(=O)NC(Cc2ccccc2)C(=O)Nc2cccc(C3OC(CN4CCN(Cc5ccccc5)CC4)C(C)C(c4ccc(CO)cc4)O3)c2)cc1. The maximum atomic E-state index is 14.0. The quantitative estimate of drug-likeness (QED) is 0.115. The molecule has 1 amide bonds. The van der Waals surface area contributed by atoms with Gasteiger partial charge in [-0.15, -0.1) is 0 Å². The summed E-state index contributed by atoms with van der Waals surface area (Å²) in [6.07, 6.45) is -1.02. The molecule has 0 aliphatic carbocycles. The molecule has 298 valence electrons. The number of hydrogen-bond donors (Lipinski definition) is 3. The zero-order chi connectivity index (χ0) is 39.8. The summed E-state index contributed by atoms with van der Waals surface area (Å²) in [6.45, 7) is 9.49. The Morgan fingerprint density at radius 2 is 1.40 bits per heavy atom. The maximum absolute atomic E-state index is 14.0. The van der Waals surface area contributed by atoms with E-state index in [9.17, 15) is 18.3 Å². The number of carbonyl (C=O) groups is 1. The molecule has 10 nitrogen and oxygen atoms in total. The number of aliphatic hydroxyl groups is 1. The first-order valence-corrected chi connectivity index (χ1v) is 21.1. The molecule has 0 radical (unpaired) electrons. The molecule has 3 N–H and O–H groups in total. The molecule has 5 unspecified atom stereocenters. The van der Waals surface area contributed by atoms with Crippen molar-refractivity contribution in [2.75, 3.05) is 38.0 Å². The minimum absolute atomic E-state index is 0.0201. The van der Waals surface area contributed by atoms with Crippen molar-refractivity contribution in [3.63, 3.8) is 0 Å². The van der Waals surface area contributed by atoms with Crippen molar-refractivity contribution in [2.24, 2.45) is 5.92 Å². The van der Waals surface area contributed by atoms with Crippen LogP contribution < -0.4 is 10.0 Å². The molecule has 57 heavy (non-hydrogen) atoms. The van der Waals surface area contributed by atoms with Crippen LogP contribution in [0.15, 0.2) is 138 Å². The number of anilines is 1. The molecule has 0 saturated carbocycles. The lowest BCUT2D eigenvalue weighted by Gasteiger charge is -2.44. The molecule has 5 atom stereocenters. The molecule has 2 aliphatic heterocycles. The van der Waals surface area contributed by atoms with Crippen LogP contribution in [0, 0.1) is 12.8 Å². The Morgan fingerprint density at radius 3 is 2.07 bits per heavy atom. The number of nitrogens with zero attached hydrogens (tertiary/aromatic N) is 2. The largest absolute Gasteiger partial charge is 0.392 e. The van der Waals surface area contributed by atoms with Crippen molar-refractivity contribution < 1.29 is 27.8 Å². The fraction of sp³-hybridized carbons (Fsp3) is 0.326. The number of carbonyl (C=O) groups excluding carboxylic acids is 1. The highest BCUT2D eigenvalue weighted by Gasteiger charge is 2.39. The van der Waals surface area contributed by atoms with Gasteiger partial charge in [0.15, 0.2) is 6.29 Å². The number of sulfonamides is 1. The van der Waals surface area contributed by atoms with Gasteiger partial charge in [0.05, 0.1) is 23.7 Å². The van der Waals surface area contributed by atoms with Gasteiger partial charge in [-0.05, 0) is 59.9 Å². The summed E-state index contributed by atoms with van der Waals surface area (Å²) in [5.74, 6) is -0.469. The van der Waals surface area contributed by atoms with Gasteiger partial charge in [-0.3, -0.25) is 14.6 Å². The van der Waals surface area contributed by atoms with Gasteiger partial charge in [0.2, 0.25) is 15.9 Å². The predicted molar refractivity (Wildman–Crippen MR) is 222 cm³/mol. The summed E-state index contributed by atoms with van der Waals surface area (Å²) in [5.41, 5.74) is 6.12. The normalized spacial score (nSPS) is 21.2. The summed E-state index contributed by atoms with van der Waals surface area (Å²) < 4.78 is 43.2. The fourth-order valence-corrected chi connectivity index (χ4v) is 8.75. The van der Waals surface area contributed by atoms with Crippen LogP contribution in [0.4, 0.5) is 5.69 Å². The van der Waals surface area contributed by atoms with Crippen LogP contribution in [0.1, 0.15) is 52.7 Å². The molecular weight excluding hydrogens is 737 g/mol. The van der Waals surface area contributed by atoms with Crippen LogP contribution in [0.3, 0.4) is 0 Å². The van der Waals surface area contributed by atoms with Gasteiger partial charge < -0.3 is 19.9 Å². The summed E-state index contributed by atoms with van der Waals surface area (Å²) in [4.78, 5) is 19.0. The van der Waals surface area contributed by atoms with E-state index < -0.39 is 28.3 Å². The van der Waals surface area contributed by atoms with Crippen molar-refractivity contribution in [3.05, 3.63) is 167 Å². The van der Waals surface area contributed by atoms with Gasteiger partial charge in [-0.2, -0.15) is 4.72 Å². The monoisotopic (exact) mass is 788 g/mol. The van der Waals surface area contributed by atoms with Gasteiger partial charge in [0, 0.05) is 56.4 Å². The van der Waals surface area contributed by atoms with E-state index in [-0.39, 0.29) is 36.0 Å². The number of amides is 1. The Balaban J connectivity index is 1.08. The van der Waals surface area contributed by atoms with Crippen LogP contribution in [-0.4, -0.2) is 74.1 Å². The molecule has 5 aromatic carbocycles. The number of nitrogens with one attached hydrogen (secondary N) is 2. The summed E-state index contributed by atoms with van der Waals surface area (Å²) in [7, 11) is -4.01. The Hall–Kier alpha value is -4.72. The Kier molecular flexibility index (Phi) is 13.3. The van der Waals surface area contributed by atoms with Crippen molar-refractivity contribution in [1.29, 1.82) is 0 Å². The third-order valence-electron chi connectivity index (χ3n) is 10.9. The summed E-state index contributed by atoms with van der Waals surface area (Å²) in [6, 6.07) is 40.6. The first-order valence-electron chi connectivity index (χ1n) is 19.7. The van der Waals surface area contributed by atoms with E-state index >= 15 is 0 Å². The topological polar surface area (TPSA) is 120 Å². The minimum atomic E-state index is -4.01. The zero-order valence-corrected chi connectivity index (χ0v) is 33.4. The van der Waals surface area contributed by atoms with E-state index in [1.165, 1.54) is 17.7 Å². The molecule has 11 heteroatoms. The van der Waals surface area contributed by atoms with E-state index in [1.807, 2.05) is 85.8 Å². The molecule has 2 saturated heterocycles. The molecule has 7 rings (SSSR count). The lowest BCUT2D eigenvalue weighted by atomic mass is 9.90. The highest BCUT2D eigenvalue weighted by molar-refractivity contribution is 7.89. The molecular formula is C46H52N4O6S. The fourth-order valence-electron chi connectivity index (χ4n) is 7.56. The summed E-state index contributed by atoms with van der Waals surface area (Å²) in [5, 5.41) is 12.7. The van der Waals surface area contributed by atoms with Gasteiger partial charge in [0.1, 0.15) is 6.04 Å². The van der Waals surface area contributed by atoms with Crippen LogP contribution in [0.2, 0.25) is 0 Å². The number of aliphatic hydroxyl groups excluding tert-OH is 1. The lowest BCUT2D eigenvalue weighted by Crippen LogP contribution is -2.51. The minimum Gasteiger partial charge on any atom is -0.392 e. The number of benzene rings is 5. The van der Waals surface area contributed by atoms with Gasteiger partial charge in [0.25, 0.3) is 0 Å². The van der Waals surface area contributed by atoms with E-state index in [1.54, 1.807) is 18.2 Å². The average molecular weight is 789 g/mol. The van der Waals surface area contributed by atoms with Crippen molar-refractivity contribution >= 4 is 21.6 Å². The van der Waals surface area contributed by atoms with Crippen LogP contribution >= 0.6 is 0 Å². The lowest BCUT2D eigenvalue weighted by molar-refractivity contribution is -0.276. The molecule has 0 spiro atoms. The van der Waals surface area contributed by atoms with Gasteiger partial charge in [-0.25, -0.2) is 8.42 Å². The van der Waals surface area contributed by atoms with Gasteiger partial charge >= 0.3 is 0 Å². The number of piperazine rings is 1. The molecule has 5 aromatic rings. The number of rotatable bonds is 14. The van der Waals surface area contributed by atoms with E-state index in [0.717, 1.165) is 67.1 Å². The number of hydrogen-bond acceptors (Lipinski definition) is 8. The van der Waals surface area contributed by atoms with Gasteiger partial charge in [-0.1, -0.05) is 122 Å². The van der Waals surface area contributed by atoms with Crippen LogP contribution in [0.25, 0.3) is 0 Å². The first kappa shape index (κ1) is 40.5. The summed E-state index contributed by atoms with van der Waals surface area (Å²) >= 11 is 0. The number of aryl methyl sites for hydroxylation is 1. The Bertz CT molecular complexity index is 2160. The van der Waals surface area contributed by atoms with E-state index in [2.05, 4.69) is 51.0 Å². The third-order valence-corrected chi connectivity index (χ3v) is 12.4. The second-order valence-corrected chi connectivity index (χ2v) is 16.9. The first-order chi connectivity index (χ1) is 27.6. The maximum Gasteiger partial charge on any atom is 0.242 e. The molecule has 2 aliphatic rings. The van der Waals surface area contributed by atoms with E-state index in [0.29, 0.717) is 5.69 Å². The molecule has 2 heterocycles. The van der Waals surface area contributed by atoms with Crippen molar-refractivity contribution in [3.8, 4) is 0 Å². The second kappa shape index (κ2) is 18.7. The third kappa shape index (κ3) is 10.6. The molecule has 0 aromatic heterocycles. The van der Waals surface area contributed by atoms with E-state index in [4.69, 9.17) is 9.47 Å². The van der Waals surface area contributed by atoms with Crippen LogP contribution in [-0.2, 0) is 43.9 Å². The van der Waals surface area contributed by atoms with Crippen molar-refractivity contribution in [2.45, 2.75) is 62.9 Å². The van der Waals surface area contributed by atoms with Crippen LogP contribution in [0.5, 0.6) is 0 Å². The standard InChI is InChI=1S/C46H52N4O6S/c1-33-16-22-41(23-17-33)57(53,54)48-42(28-35-10-5-3-6-11-35)45(52)47-40-15-9-14-39(29-40)46-55-43(34(2)44(56-46)38-20-18-37(32-51)19-21-38)31-50-26-24-49(25-27-50)30-36-12-7-4-8-13-36/h3-23,29,34,42-44,46,48,51H,24-28,30-32H2,1-2H3,(H,47,52). The number of ether oxygens (including phenoxy) is 2. The average Bonchev–Trinajstić information content (AvgIpc) is 3.23. The predicted octanol–water partition coefficient (Wildman–Crippen LogP) is 6.62. The van der Waals surface area contributed by atoms with Crippen molar-refractivity contribution in [1.82, 2.24) is 14.5 Å². The smallest absolute Gasteiger partial charge is 0.242 e. The zero-order valence-electron chi connectivity index (χ0n) is 32.5. The molecule has 2 fully saturated rings. The highest BCUT2D eigenvalue weighted by atomic mass is 32.2. The molecule has 0 bridgehead atoms. The Morgan fingerprint density at radius 1 is 0.754 bits per heavy atom. The Labute approximate surface area is 336 Å². The highest BCUT2D eigenvalue weighted by Crippen LogP contribution is 2.42. The second-order valence-electron chi connectivity index (χ2n) is 15.2.